The number of nitrogens with zero attached hydrogens (tertiary/aromatic N) is 1. The number of nitrogens with one attached hydrogen (secondary N) is 1. The average Bonchev–Trinajstić information content (AvgIpc) is 2.56. The zero-order valence-corrected chi connectivity index (χ0v) is 15.4. The molecular weight excluding hydrogens is 328 g/mol. The number of halogens is 1. The lowest BCUT2D eigenvalue weighted by Crippen LogP contribution is -2.40. The highest BCUT2D eigenvalue weighted by Gasteiger charge is 2.21. The fourth-order valence-electron chi connectivity index (χ4n) is 2.38. The molecular formula is C18H27ClN2O3. The number of hydrogen-bond acceptors (Lipinski definition) is 3. The first-order valence-corrected chi connectivity index (χ1v) is 8.75. The predicted molar refractivity (Wildman–Crippen MR) is 97.4 cm³/mol. The standard InChI is InChI=1S/C18H27ClN2O3/c1-4-5-6-7-11-21(13-14(2)17(22)24-3)18(23)20-16-10-8-9-15(19)12-16/h8-10,12,14H,4-7,11,13H2,1-3H3,(H,20,23). The van der Waals surface area contributed by atoms with Gasteiger partial charge in [0.25, 0.3) is 0 Å². The molecule has 0 spiro atoms. The topological polar surface area (TPSA) is 58.6 Å². The van der Waals surface area contributed by atoms with E-state index in [1.165, 1.54) is 7.11 Å². The molecule has 6 heteroatoms. The van der Waals surface area contributed by atoms with E-state index in [1.54, 1.807) is 36.1 Å². The van der Waals surface area contributed by atoms with Gasteiger partial charge < -0.3 is 15.0 Å². The molecule has 0 bridgehead atoms. The number of methoxy groups -OCH3 is 1. The first-order chi connectivity index (χ1) is 11.5. The second-order valence-corrected chi connectivity index (χ2v) is 6.31. The van der Waals surface area contributed by atoms with Crippen molar-refractivity contribution in [3.63, 3.8) is 0 Å². The summed E-state index contributed by atoms with van der Waals surface area (Å²) < 4.78 is 4.75. The Morgan fingerprint density at radius 3 is 2.67 bits per heavy atom. The van der Waals surface area contributed by atoms with E-state index in [0.29, 0.717) is 23.8 Å². The van der Waals surface area contributed by atoms with E-state index in [4.69, 9.17) is 16.3 Å². The van der Waals surface area contributed by atoms with Crippen molar-refractivity contribution in [3.8, 4) is 0 Å². The van der Waals surface area contributed by atoms with Crippen LogP contribution in [-0.2, 0) is 9.53 Å². The lowest BCUT2D eigenvalue weighted by molar-refractivity contribution is -0.145. The van der Waals surface area contributed by atoms with Crippen LogP contribution in [0.2, 0.25) is 5.02 Å². The zero-order valence-electron chi connectivity index (χ0n) is 14.7. The quantitative estimate of drug-likeness (QED) is 0.522. The molecule has 0 saturated heterocycles. The number of ether oxygens (including phenoxy) is 1. The number of urea groups is 1. The van der Waals surface area contributed by atoms with Crippen LogP contribution in [0.5, 0.6) is 0 Å². The molecule has 0 saturated carbocycles. The number of anilines is 1. The summed E-state index contributed by atoms with van der Waals surface area (Å²) in [5.74, 6) is -0.685. The maximum absolute atomic E-state index is 12.6. The van der Waals surface area contributed by atoms with Gasteiger partial charge in [0.15, 0.2) is 0 Å². The summed E-state index contributed by atoms with van der Waals surface area (Å²) >= 11 is 5.94. The molecule has 0 aromatic heterocycles. The van der Waals surface area contributed by atoms with Gasteiger partial charge in [0.05, 0.1) is 13.0 Å². The van der Waals surface area contributed by atoms with Gasteiger partial charge in [-0.1, -0.05) is 50.8 Å². The van der Waals surface area contributed by atoms with Gasteiger partial charge in [0.1, 0.15) is 0 Å². The fourth-order valence-corrected chi connectivity index (χ4v) is 2.57. The highest BCUT2D eigenvalue weighted by atomic mass is 35.5. The van der Waals surface area contributed by atoms with Gasteiger partial charge in [-0.3, -0.25) is 4.79 Å². The summed E-state index contributed by atoms with van der Waals surface area (Å²) in [6.45, 7) is 4.83. The number of rotatable bonds is 9. The molecule has 1 rings (SSSR count). The van der Waals surface area contributed by atoms with Gasteiger partial charge in [0.2, 0.25) is 0 Å². The molecule has 0 aliphatic rings. The monoisotopic (exact) mass is 354 g/mol. The Hall–Kier alpha value is -1.75. The van der Waals surface area contributed by atoms with Crippen LogP contribution in [0.1, 0.15) is 39.5 Å². The van der Waals surface area contributed by atoms with E-state index in [9.17, 15) is 9.59 Å². The van der Waals surface area contributed by atoms with E-state index in [-0.39, 0.29) is 17.9 Å². The lowest BCUT2D eigenvalue weighted by Gasteiger charge is -2.25. The van der Waals surface area contributed by atoms with Gasteiger partial charge >= 0.3 is 12.0 Å². The summed E-state index contributed by atoms with van der Waals surface area (Å²) in [6, 6.07) is 6.77. The molecule has 0 fully saturated rings. The van der Waals surface area contributed by atoms with Crippen LogP contribution in [-0.4, -0.2) is 37.1 Å². The van der Waals surface area contributed by atoms with Gasteiger partial charge in [0, 0.05) is 23.8 Å². The smallest absolute Gasteiger partial charge is 0.321 e. The first-order valence-electron chi connectivity index (χ1n) is 8.37. The first kappa shape index (κ1) is 20.3. The summed E-state index contributed by atoms with van der Waals surface area (Å²) in [5, 5.41) is 3.40. The summed E-state index contributed by atoms with van der Waals surface area (Å²) in [6.07, 6.45) is 4.23. The normalized spacial score (nSPS) is 11.7. The highest BCUT2D eigenvalue weighted by Crippen LogP contribution is 2.16. The van der Waals surface area contributed by atoms with E-state index >= 15 is 0 Å². The molecule has 1 aromatic rings. The molecule has 1 aromatic carbocycles. The van der Waals surface area contributed by atoms with Crippen LogP contribution in [0.25, 0.3) is 0 Å². The molecule has 0 radical (unpaired) electrons. The van der Waals surface area contributed by atoms with Crippen LogP contribution >= 0.6 is 11.6 Å². The van der Waals surface area contributed by atoms with Crippen molar-refractivity contribution < 1.29 is 14.3 Å². The van der Waals surface area contributed by atoms with Gasteiger partial charge in [-0.15, -0.1) is 0 Å². The molecule has 1 unspecified atom stereocenters. The molecule has 1 atom stereocenters. The Bertz CT molecular complexity index is 537. The van der Waals surface area contributed by atoms with E-state index in [1.807, 2.05) is 0 Å². The number of unbranched alkanes of at least 4 members (excludes halogenated alkanes) is 3. The van der Waals surface area contributed by atoms with E-state index in [0.717, 1.165) is 25.7 Å². The van der Waals surface area contributed by atoms with Crippen molar-refractivity contribution in [2.24, 2.45) is 5.92 Å². The highest BCUT2D eigenvalue weighted by molar-refractivity contribution is 6.30. The van der Waals surface area contributed by atoms with Crippen molar-refractivity contribution in [2.45, 2.75) is 39.5 Å². The second kappa shape index (κ2) is 10.9. The molecule has 5 nitrogen and oxygen atoms in total. The summed E-state index contributed by atoms with van der Waals surface area (Å²) in [7, 11) is 1.36. The minimum Gasteiger partial charge on any atom is -0.469 e. The molecule has 134 valence electrons. The number of carbonyl (C=O) groups excluding carboxylic acids is 2. The van der Waals surface area contributed by atoms with Crippen molar-refractivity contribution >= 4 is 29.3 Å². The van der Waals surface area contributed by atoms with Crippen LogP contribution < -0.4 is 5.32 Å². The minimum absolute atomic E-state index is 0.232. The minimum atomic E-state index is -0.369. The third-order valence-corrected chi connectivity index (χ3v) is 3.98. The van der Waals surface area contributed by atoms with Crippen LogP contribution in [0, 0.1) is 5.92 Å². The van der Waals surface area contributed by atoms with Gasteiger partial charge in [-0.25, -0.2) is 4.79 Å². The molecule has 0 aliphatic carbocycles. The summed E-state index contributed by atoms with van der Waals surface area (Å²) in [4.78, 5) is 25.9. The maximum Gasteiger partial charge on any atom is 0.321 e. The third-order valence-electron chi connectivity index (χ3n) is 3.74. The SMILES string of the molecule is CCCCCCN(CC(C)C(=O)OC)C(=O)Nc1cccc(Cl)c1. The average molecular weight is 355 g/mol. The largest absolute Gasteiger partial charge is 0.469 e. The van der Waals surface area contributed by atoms with Crippen LogP contribution in [0.15, 0.2) is 24.3 Å². The Kier molecular flexibility index (Phi) is 9.23. The summed E-state index contributed by atoms with van der Waals surface area (Å²) in [5.41, 5.74) is 0.636. The Morgan fingerprint density at radius 1 is 1.29 bits per heavy atom. The third kappa shape index (κ3) is 7.21. The lowest BCUT2D eigenvalue weighted by atomic mass is 10.1. The molecule has 24 heavy (non-hydrogen) atoms. The van der Waals surface area contributed by atoms with E-state index in [2.05, 4.69) is 12.2 Å². The molecule has 2 amide bonds. The second-order valence-electron chi connectivity index (χ2n) is 5.87. The van der Waals surface area contributed by atoms with Crippen molar-refractivity contribution in [2.75, 3.05) is 25.5 Å². The maximum atomic E-state index is 12.6. The van der Waals surface area contributed by atoms with Crippen LogP contribution in [0.4, 0.5) is 10.5 Å². The number of benzene rings is 1. The Morgan fingerprint density at radius 2 is 2.04 bits per heavy atom. The van der Waals surface area contributed by atoms with Crippen molar-refractivity contribution in [1.82, 2.24) is 4.90 Å². The fraction of sp³-hybridized carbons (Fsp3) is 0.556. The Labute approximate surface area is 149 Å². The van der Waals surface area contributed by atoms with Crippen LogP contribution in [0.3, 0.4) is 0 Å². The Balaban J connectivity index is 2.70. The zero-order chi connectivity index (χ0) is 17.9. The number of esters is 1. The van der Waals surface area contributed by atoms with Gasteiger partial charge in [-0.05, 0) is 24.6 Å². The molecule has 0 aliphatic heterocycles. The molecule has 0 heterocycles. The number of carbonyl (C=O) groups is 2. The van der Waals surface area contributed by atoms with Gasteiger partial charge in [-0.2, -0.15) is 0 Å². The van der Waals surface area contributed by atoms with E-state index < -0.39 is 0 Å². The van der Waals surface area contributed by atoms with Crippen molar-refractivity contribution in [3.05, 3.63) is 29.3 Å². The number of amides is 2. The molecule has 1 N–H and O–H groups in total. The number of hydrogen-bond donors (Lipinski definition) is 1. The van der Waals surface area contributed by atoms with Crippen molar-refractivity contribution in [1.29, 1.82) is 0 Å². The predicted octanol–water partition coefficient (Wildman–Crippen LogP) is 4.56.